The van der Waals surface area contributed by atoms with Crippen LogP contribution in [0.3, 0.4) is 0 Å². The molecule has 1 aliphatic heterocycles. The molecule has 120 valence electrons. The molecule has 1 aliphatic carbocycles. The van der Waals surface area contributed by atoms with Crippen molar-refractivity contribution >= 4 is 17.5 Å². The molecule has 0 atom stereocenters. The van der Waals surface area contributed by atoms with Crippen LogP contribution in [0.2, 0.25) is 0 Å². The van der Waals surface area contributed by atoms with Gasteiger partial charge in [0, 0.05) is 31.1 Å². The summed E-state index contributed by atoms with van der Waals surface area (Å²) in [5.74, 6) is 2.11. The Labute approximate surface area is 132 Å². The highest BCUT2D eigenvalue weighted by Gasteiger charge is 2.29. The van der Waals surface area contributed by atoms with E-state index >= 15 is 0 Å². The van der Waals surface area contributed by atoms with Crippen molar-refractivity contribution in [2.24, 2.45) is 0 Å². The van der Waals surface area contributed by atoms with Crippen molar-refractivity contribution in [3.05, 3.63) is 29.9 Å². The summed E-state index contributed by atoms with van der Waals surface area (Å²) < 4.78 is 10.5. The molecule has 4 rings (SSSR count). The first kappa shape index (κ1) is 14.1. The van der Waals surface area contributed by atoms with Crippen molar-refractivity contribution in [1.29, 1.82) is 0 Å². The van der Waals surface area contributed by atoms with E-state index in [0.717, 1.165) is 37.5 Å². The maximum absolute atomic E-state index is 12.2. The molecule has 2 aromatic rings. The van der Waals surface area contributed by atoms with E-state index in [1.807, 2.05) is 0 Å². The number of carbonyl (C=O) groups excluding carboxylic acids is 1. The Bertz CT molecular complexity index is 707. The maximum atomic E-state index is 12.2. The number of anilines is 2. The first-order valence-electron chi connectivity index (χ1n) is 7.72. The zero-order valence-electron chi connectivity index (χ0n) is 12.6. The average molecular weight is 315 g/mol. The second-order valence-electron chi connectivity index (χ2n) is 5.70. The number of nitrogens with one attached hydrogen (secondary N) is 1. The number of morpholine rings is 1. The van der Waals surface area contributed by atoms with Crippen molar-refractivity contribution in [3.63, 3.8) is 0 Å². The molecule has 8 nitrogen and oxygen atoms in total. The predicted molar refractivity (Wildman–Crippen MR) is 81.5 cm³/mol. The summed E-state index contributed by atoms with van der Waals surface area (Å²) in [6.45, 7) is 2.90. The SMILES string of the molecule is O=C(Nc1cc(N2CCOCC2)ncn1)c1cc(C2CC2)on1. The molecule has 2 fully saturated rings. The molecule has 0 unspecified atom stereocenters. The van der Waals surface area contributed by atoms with E-state index in [1.54, 1.807) is 12.1 Å². The van der Waals surface area contributed by atoms with E-state index in [1.165, 1.54) is 6.33 Å². The van der Waals surface area contributed by atoms with Gasteiger partial charge in [-0.05, 0) is 12.8 Å². The summed E-state index contributed by atoms with van der Waals surface area (Å²) >= 11 is 0. The van der Waals surface area contributed by atoms with Gasteiger partial charge in [-0.2, -0.15) is 0 Å². The molecule has 0 bridgehead atoms. The summed E-state index contributed by atoms with van der Waals surface area (Å²) in [6, 6.07) is 3.46. The predicted octanol–water partition coefficient (Wildman–Crippen LogP) is 1.43. The molecule has 1 amide bonds. The highest BCUT2D eigenvalue weighted by atomic mass is 16.5. The number of ether oxygens (including phenoxy) is 1. The van der Waals surface area contributed by atoms with E-state index in [9.17, 15) is 4.79 Å². The fourth-order valence-electron chi connectivity index (χ4n) is 2.52. The third kappa shape index (κ3) is 3.16. The fraction of sp³-hybridized carbons (Fsp3) is 0.467. The molecule has 2 aromatic heterocycles. The van der Waals surface area contributed by atoms with Crippen LogP contribution >= 0.6 is 0 Å². The standard InChI is InChI=1S/C15H17N5O3/c21-15(11-7-12(23-19-11)10-1-2-10)18-13-8-14(17-9-16-13)20-3-5-22-6-4-20/h7-10H,1-6H2,(H,16,17,18,21). The molecule has 8 heteroatoms. The maximum Gasteiger partial charge on any atom is 0.279 e. The average Bonchev–Trinajstić information content (AvgIpc) is 3.33. The number of rotatable bonds is 4. The van der Waals surface area contributed by atoms with Crippen LogP contribution in [0.15, 0.2) is 23.0 Å². The Morgan fingerprint density at radius 3 is 2.83 bits per heavy atom. The minimum atomic E-state index is -0.327. The van der Waals surface area contributed by atoms with Gasteiger partial charge in [-0.25, -0.2) is 9.97 Å². The summed E-state index contributed by atoms with van der Waals surface area (Å²) in [6.07, 6.45) is 3.65. The van der Waals surface area contributed by atoms with Gasteiger partial charge in [-0.1, -0.05) is 5.16 Å². The topological polar surface area (TPSA) is 93.4 Å². The largest absolute Gasteiger partial charge is 0.378 e. The van der Waals surface area contributed by atoms with Crippen LogP contribution in [0.25, 0.3) is 0 Å². The van der Waals surface area contributed by atoms with Crippen LogP contribution in [0, 0.1) is 0 Å². The second kappa shape index (κ2) is 5.96. The molecular formula is C15H17N5O3. The van der Waals surface area contributed by atoms with Gasteiger partial charge in [-0.15, -0.1) is 0 Å². The second-order valence-corrected chi connectivity index (χ2v) is 5.70. The first-order valence-corrected chi connectivity index (χ1v) is 7.72. The van der Waals surface area contributed by atoms with Crippen LogP contribution in [0.5, 0.6) is 0 Å². The summed E-state index contributed by atoms with van der Waals surface area (Å²) in [5.41, 5.74) is 0.276. The van der Waals surface area contributed by atoms with Crippen LogP contribution in [-0.4, -0.2) is 47.3 Å². The quantitative estimate of drug-likeness (QED) is 0.912. The van der Waals surface area contributed by atoms with E-state index in [0.29, 0.717) is 24.9 Å². The number of hydrogen-bond donors (Lipinski definition) is 1. The normalized spacial score (nSPS) is 18.0. The third-order valence-electron chi connectivity index (χ3n) is 3.97. The van der Waals surface area contributed by atoms with Crippen LogP contribution < -0.4 is 10.2 Å². The van der Waals surface area contributed by atoms with Gasteiger partial charge in [0.25, 0.3) is 5.91 Å². The lowest BCUT2D eigenvalue weighted by Crippen LogP contribution is -2.36. The van der Waals surface area contributed by atoms with Crippen LogP contribution in [0.1, 0.15) is 35.0 Å². The van der Waals surface area contributed by atoms with Crippen molar-refractivity contribution in [3.8, 4) is 0 Å². The molecule has 1 N–H and O–H groups in total. The molecule has 0 radical (unpaired) electrons. The van der Waals surface area contributed by atoms with Crippen molar-refractivity contribution in [2.75, 3.05) is 36.5 Å². The van der Waals surface area contributed by atoms with Gasteiger partial charge >= 0.3 is 0 Å². The van der Waals surface area contributed by atoms with Gasteiger partial charge in [0.1, 0.15) is 23.7 Å². The van der Waals surface area contributed by atoms with E-state index in [4.69, 9.17) is 9.26 Å². The Morgan fingerprint density at radius 1 is 1.22 bits per heavy atom. The number of hydrogen-bond acceptors (Lipinski definition) is 7. The molecule has 23 heavy (non-hydrogen) atoms. The summed E-state index contributed by atoms with van der Waals surface area (Å²) in [7, 11) is 0. The number of carbonyl (C=O) groups is 1. The van der Waals surface area contributed by atoms with Gasteiger partial charge in [-0.3, -0.25) is 4.79 Å². The monoisotopic (exact) mass is 315 g/mol. The third-order valence-corrected chi connectivity index (χ3v) is 3.97. The molecular weight excluding hydrogens is 298 g/mol. The molecule has 0 spiro atoms. The fourth-order valence-corrected chi connectivity index (χ4v) is 2.52. The lowest BCUT2D eigenvalue weighted by atomic mass is 10.3. The summed E-state index contributed by atoms with van der Waals surface area (Å²) in [5, 5.41) is 6.57. The van der Waals surface area contributed by atoms with Crippen LogP contribution in [-0.2, 0) is 4.74 Å². The van der Waals surface area contributed by atoms with Crippen molar-refractivity contribution in [2.45, 2.75) is 18.8 Å². The number of amides is 1. The van der Waals surface area contributed by atoms with E-state index < -0.39 is 0 Å². The van der Waals surface area contributed by atoms with Gasteiger partial charge < -0.3 is 19.5 Å². The van der Waals surface area contributed by atoms with Gasteiger partial charge in [0.15, 0.2) is 5.69 Å². The Balaban J connectivity index is 1.45. The molecule has 3 heterocycles. The molecule has 2 aliphatic rings. The molecule has 1 saturated carbocycles. The summed E-state index contributed by atoms with van der Waals surface area (Å²) in [4.78, 5) is 22.7. The number of nitrogens with zero attached hydrogens (tertiary/aromatic N) is 4. The van der Waals surface area contributed by atoms with Crippen molar-refractivity contribution < 1.29 is 14.1 Å². The highest BCUT2D eigenvalue weighted by molar-refractivity contribution is 6.02. The zero-order chi connectivity index (χ0) is 15.6. The lowest BCUT2D eigenvalue weighted by Gasteiger charge is -2.27. The van der Waals surface area contributed by atoms with Crippen LogP contribution in [0.4, 0.5) is 11.6 Å². The smallest absolute Gasteiger partial charge is 0.279 e. The van der Waals surface area contributed by atoms with E-state index in [-0.39, 0.29) is 11.6 Å². The Kier molecular flexibility index (Phi) is 3.66. The lowest BCUT2D eigenvalue weighted by molar-refractivity contribution is 0.101. The zero-order valence-corrected chi connectivity index (χ0v) is 12.6. The molecule has 0 aromatic carbocycles. The Morgan fingerprint density at radius 2 is 2.04 bits per heavy atom. The number of aromatic nitrogens is 3. The molecule has 1 saturated heterocycles. The minimum Gasteiger partial charge on any atom is -0.378 e. The minimum absolute atomic E-state index is 0.276. The first-order chi connectivity index (χ1) is 11.3. The Hall–Kier alpha value is -2.48. The highest BCUT2D eigenvalue weighted by Crippen LogP contribution is 2.40. The van der Waals surface area contributed by atoms with Gasteiger partial charge in [0.2, 0.25) is 0 Å². The van der Waals surface area contributed by atoms with Crippen molar-refractivity contribution in [1.82, 2.24) is 15.1 Å². The van der Waals surface area contributed by atoms with Gasteiger partial charge in [0.05, 0.1) is 13.2 Å². The van der Waals surface area contributed by atoms with E-state index in [2.05, 4.69) is 25.3 Å².